The summed E-state index contributed by atoms with van der Waals surface area (Å²) in [5, 5.41) is 9.62. The first kappa shape index (κ1) is 14.9. The summed E-state index contributed by atoms with van der Waals surface area (Å²) >= 11 is 8.06. The number of hydrogen-bond donors (Lipinski definition) is 0. The minimum absolute atomic E-state index is 0.388. The van der Waals surface area contributed by atoms with E-state index in [1.807, 2.05) is 24.3 Å². The Kier molecular flexibility index (Phi) is 5.10. The fourth-order valence-corrected chi connectivity index (χ4v) is 2.68. The summed E-state index contributed by atoms with van der Waals surface area (Å²) in [4.78, 5) is 0. The summed E-state index contributed by atoms with van der Waals surface area (Å²) < 4.78 is 11.9. The van der Waals surface area contributed by atoms with E-state index < -0.39 is 0 Å². The molecule has 0 fully saturated rings. The van der Waals surface area contributed by atoms with E-state index in [4.69, 9.17) is 26.3 Å². The molecule has 0 N–H and O–H groups in total. The minimum Gasteiger partial charge on any atom is -0.493 e. The lowest BCUT2D eigenvalue weighted by atomic mass is 10.2. The van der Waals surface area contributed by atoms with E-state index in [0.29, 0.717) is 28.7 Å². The number of hydrogen-bond acceptors (Lipinski definition) is 3. The highest BCUT2D eigenvalue weighted by Crippen LogP contribution is 2.34. The summed E-state index contributed by atoms with van der Waals surface area (Å²) in [6.45, 7) is 0.388. The number of nitriles is 1. The largest absolute Gasteiger partial charge is 0.493 e. The van der Waals surface area contributed by atoms with E-state index in [9.17, 15) is 0 Å². The van der Waals surface area contributed by atoms with Crippen LogP contribution in [0.4, 0.5) is 0 Å². The Morgan fingerprint density at radius 2 is 2.10 bits per heavy atom. The van der Waals surface area contributed by atoms with E-state index in [1.54, 1.807) is 19.2 Å². The normalized spacial score (nSPS) is 9.90. The van der Waals surface area contributed by atoms with Gasteiger partial charge in [0.25, 0.3) is 0 Å². The Morgan fingerprint density at radius 3 is 2.75 bits per heavy atom. The average molecular weight is 400 g/mol. The lowest BCUT2D eigenvalue weighted by molar-refractivity contribution is 0.282. The smallest absolute Gasteiger partial charge is 0.175 e. The van der Waals surface area contributed by atoms with Crippen molar-refractivity contribution in [2.75, 3.05) is 7.11 Å². The van der Waals surface area contributed by atoms with Gasteiger partial charge in [-0.05, 0) is 46.4 Å². The molecule has 0 aliphatic carbocycles. The molecule has 0 radical (unpaired) electrons. The molecule has 2 aromatic carbocycles. The van der Waals surface area contributed by atoms with Gasteiger partial charge in [-0.25, -0.2) is 0 Å². The third-order valence-electron chi connectivity index (χ3n) is 2.63. The Hall–Kier alpha value is -1.45. The first-order valence-corrected chi connectivity index (χ1v) is 7.24. The standard InChI is InChI=1S/C15H11ClINO2/c1-19-14-7-11(8-18)6-13(17)15(14)20-9-10-3-2-4-12(16)5-10/h2-7H,9H2,1H3. The van der Waals surface area contributed by atoms with Crippen LogP contribution in [0, 0.1) is 14.9 Å². The zero-order valence-corrected chi connectivity index (χ0v) is 13.6. The van der Waals surface area contributed by atoms with E-state index in [0.717, 1.165) is 9.13 Å². The third kappa shape index (κ3) is 3.56. The van der Waals surface area contributed by atoms with Crippen molar-refractivity contribution in [3.63, 3.8) is 0 Å². The van der Waals surface area contributed by atoms with Gasteiger partial charge in [0.15, 0.2) is 11.5 Å². The highest BCUT2D eigenvalue weighted by atomic mass is 127. The summed E-state index contributed by atoms with van der Waals surface area (Å²) in [5.41, 5.74) is 1.51. The molecule has 20 heavy (non-hydrogen) atoms. The van der Waals surface area contributed by atoms with Gasteiger partial charge in [0.05, 0.1) is 22.3 Å². The fourth-order valence-electron chi connectivity index (χ4n) is 1.71. The van der Waals surface area contributed by atoms with Crippen LogP contribution >= 0.6 is 34.2 Å². The molecule has 2 rings (SSSR count). The van der Waals surface area contributed by atoms with E-state index in [1.165, 1.54) is 0 Å². The van der Waals surface area contributed by atoms with Gasteiger partial charge in [-0.2, -0.15) is 5.26 Å². The maximum Gasteiger partial charge on any atom is 0.175 e. The Labute approximate surface area is 136 Å². The quantitative estimate of drug-likeness (QED) is 0.716. The number of benzene rings is 2. The molecular weight excluding hydrogens is 389 g/mol. The van der Waals surface area contributed by atoms with Crippen molar-refractivity contribution in [1.29, 1.82) is 5.26 Å². The van der Waals surface area contributed by atoms with Crippen LogP contribution in [0.3, 0.4) is 0 Å². The Bertz CT molecular complexity index is 667. The molecular formula is C15H11ClINO2. The zero-order valence-electron chi connectivity index (χ0n) is 10.7. The first-order valence-electron chi connectivity index (χ1n) is 5.79. The number of nitrogens with zero attached hydrogens (tertiary/aromatic N) is 1. The molecule has 0 atom stereocenters. The number of halogens is 2. The predicted octanol–water partition coefficient (Wildman–Crippen LogP) is 4.40. The molecule has 0 heterocycles. The molecule has 0 aromatic heterocycles. The van der Waals surface area contributed by atoms with Crippen LogP contribution in [-0.2, 0) is 6.61 Å². The summed E-state index contributed by atoms with van der Waals surface area (Å²) in [7, 11) is 1.55. The maximum atomic E-state index is 8.95. The van der Waals surface area contributed by atoms with Gasteiger partial charge in [-0.3, -0.25) is 0 Å². The molecule has 0 unspecified atom stereocenters. The van der Waals surface area contributed by atoms with Gasteiger partial charge in [0, 0.05) is 11.1 Å². The average Bonchev–Trinajstić information content (AvgIpc) is 2.45. The van der Waals surface area contributed by atoms with Crippen molar-refractivity contribution in [1.82, 2.24) is 0 Å². The summed E-state index contributed by atoms with van der Waals surface area (Å²) in [6.07, 6.45) is 0. The summed E-state index contributed by atoms with van der Waals surface area (Å²) in [5.74, 6) is 1.18. The first-order chi connectivity index (χ1) is 9.63. The molecule has 0 aliphatic rings. The van der Waals surface area contributed by atoms with E-state index in [2.05, 4.69) is 28.7 Å². The second-order valence-corrected chi connectivity index (χ2v) is 5.62. The van der Waals surface area contributed by atoms with Crippen LogP contribution in [0.5, 0.6) is 11.5 Å². The van der Waals surface area contributed by atoms with Crippen LogP contribution in [0.2, 0.25) is 5.02 Å². The second kappa shape index (κ2) is 6.82. The lowest BCUT2D eigenvalue weighted by Crippen LogP contribution is -2.00. The van der Waals surface area contributed by atoms with E-state index >= 15 is 0 Å². The van der Waals surface area contributed by atoms with Crippen molar-refractivity contribution >= 4 is 34.2 Å². The van der Waals surface area contributed by atoms with Crippen LogP contribution in [0.1, 0.15) is 11.1 Å². The molecule has 3 nitrogen and oxygen atoms in total. The van der Waals surface area contributed by atoms with Gasteiger partial charge in [0.2, 0.25) is 0 Å². The maximum absolute atomic E-state index is 8.95. The number of methoxy groups -OCH3 is 1. The number of ether oxygens (including phenoxy) is 2. The molecule has 2 aromatic rings. The molecule has 0 saturated heterocycles. The zero-order chi connectivity index (χ0) is 14.5. The highest BCUT2D eigenvalue weighted by molar-refractivity contribution is 14.1. The van der Waals surface area contributed by atoms with Crippen molar-refractivity contribution in [3.8, 4) is 17.6 Å². The lowest BCUT2D eigenvalue weighted by Gasteiger charge is -2.13. The molecule has 0 saturated carbocycles. The van der Waals surface area contributed by atoms with Gasteiger partial charge < -0.3 is 9.47 Å². The van der Waals surface area contributed by atoms with Gasteiger partial charge >= 0.3 is 0 Å². The number of rotatable bonds is 4. The van der Waals surface area contributed by atoms with Gasteiger partial charge in [-0.15, -0.1) is 0 Å². The van der Waals surface area contributed by atoms with Crippen molar-refractivity contribution in [2.45, 2.75) is 6.61 Å². The Morgan fingerprint density at radius 1 is 1.30 bits per heavy atom. The van der Waals surface area contributed by atoms with Gasteiger partial charge in [-0.1, -0.05) is 23.7 Å². The molecule has 102 valence electrons. The second-order valence-electron chi connectivity index (χ2n) is 4.02. The minimum atomic E-state index is 0.388. The van der Waals surface area contributed by atoms with Crippen molar-refractivity contribution in [3.05, 3.63) is 56.1 Å². The van der Waals surface area contributed by atoms with Gasteiger partial charge in [0.1, 0.15) is 6.61 Å². The molecule has 0 amide bonds. The molecule has 0 spiro atoms. The predicted molar refractivity (Wildman–Crippen MR) is 86.2 cm³/mol. The molecule has 0 aliphatic heterocycles. The van der Waals surface area contributed by atoms with Crippen molar-refractivity contribution in [2.24, 2.45) is 0 Å². The monoisotopic (exact) mass is 399 g/mol. The summed E-state index contributed by atoms with van der Waals surface area (Å²) in [6, 6.07) is 13.0. The topological polar surface area (TPSA) is 42.2 Å². The van der Waals surface area contributed by atoms with E-state index in [-0.39, 0.29) is 0 Å². The van der Waals surface area contributed by atoms with Crippen LogP contribution in [-0.4, -0.2) is 7.11 Å². The SMILES string of the molecule is COc1cc(C#N)cc(I)c1OCc1cccc(Cl)c1. The third-order valence-corrected chi connectivity index (χ3v) is 3.67. The fraction of sp³-hybridized carbons (Fsp3) is 0.133. The van der Waals surface area contributed by atoms with Crippen LogP contribution < -0.4 is 9.47 Å². The highest BCUT2D eigenvalue weighted by Gasteiger charge is 2.11. The Balaban J connectivity index is 2.23. The van der Waals surface area contributed by atoms with Crippen molar-refractivity contribution < 1.29 is 9.47 Å². The van der Waals surface area contributed by atoms with Crippen LogP contribution in [0.25, 0.3) is 0 Å². The van der Waals surface area contributed by atoms with Crippen LogP contribution in [0.15, 0.2) is 36.4 Å². The molecule has 0 bridgehead atoms. The molecule has 5 heteroatoms.